The zero-order valence-electron chi connectivity index (χ0n) is 16.1. The van der Waals surface area contributed by atoms with Crippen LogP contribution in [0.5, 0.6) is 0 Å². The number of hydrogen-bond donors (Lipinski definition) is 2. The summed E-state index contributed by atoms with van der Waals surface area (Å²) in [6.07, 6.45) is 5.84. The van der Waals surface area contributed by atoms with Gasteiger partial charge in [0.1, 0.15) is 27.6 Å². The molecule has 0 saturated heterocycles. The molecule has 1 amide bonds. The standard InChI is InChI=1S/C18H12BrFN8O3S/c1-9-15(32-18(24-9)14-7-21-4-5-22-14)17(29)25-16-13(27-31-28-16)8-23-30-26-10-2-3-12(20)11(19)6-10/h2-8,26H,1H3,(H,25,28,29)/b23-8+. The summed E-state index contributed by atoms with van der Waals surface area (Å²) in [4.78, 5) is 30.6. The third kappa shape index (κ3) is 4.92. The van der Waals surface area contributed by atoms with Crippen LogP contribution in [0, 0.1) is 12.7 Å². The maximum absolute atomic E-state index is 13.2. The van der Waals surface area contributed by atoms with Crippen molar-refractivity contribution in [1.29, 1.82) is 0 Å². The molecule has 0 aliphatic heterocycles. The van der Waals surface area contributed by atoms with Crippen LogP contribution in [0.25, 0.3) is 10.7 Å². The topological polar surface area (TPSA) is 140 Å². The second-order valence-corrected chi connectivity index (χ2v) is 7.89. The van der Waals surface area contributed by atoms with E-state index in [4.69, 9.17) is 4.94 Å². The highest BCUT2D eigenvalue weighted by Crippen LogP contribution is 2.26. The van der Waals surface area contributed by atoms with E-state index in [1.165, 1.54) is 35.8 Å². The number of benzene rings is 1. The molecular weight excluding hydrogens is 507 g/mol. The largest absolute Gasteiger partial charge is 0.301 e. The number of carbonyl (C=O) groups excluding carboxylic acids is 1. The lowest BCUT2D eigenvalue weighted by Crippen LogP contribution is -2.13. The molecule has 14 heteroatoms. The van der Waals surface area contributed by atoms with E-state index in [1.807, 2.05) is 0 Å². The molecule has 4 rings (SSSR count). The fourth-order valence-electron chi connectivity index (χ4n) is 2.37. The minimum atomic E-state index is -0.448. The number of thiazole rings is 1. The first kappa shape index (κ1) is 21.5. The Labute approximate surface area is 191 Å². The van der Waals surface area contributed by atoms with E-state index < -0.39 is 11.7 Å². The van der Waals surface area contributed by atoms with Crippen molar-refractivity contribution in [3.63, 3.8) is 0 Å². The van der Waals surface area contributed by atoms with E-state index in [2.05, 4.69) is 61.8 Å². The molecule has 3 aromatic heterocycles. The summed E-state index contributed by atoms with van der Waals surface area (Å²) < 4.78 is 18.2. The quantitative estimate of drug-likeness (QED) is 0.275. The summed E-state index contributed by atoms with van der Waals surface area (Å²) in [5.41, 5.74) is 4.18. The fraction of sp³-hybridized carbons (Fsp3) is 0.0556. The molecule has 0 spiro atoms. The van der Waals surface area contributed by atoms with Crippen molar-refractivity contribution in [2.24, 2.45) is 5.16 Å². The Morgan fingerprint density at radius 1 is 1.34 bits per heavy atom. The summed E-state index contributed by atoms with van der Waals surface area (Å²) in [6.45, 7) is 1.71. The van der Waals surface area contributed by atoms with Gasteiger partial charge in [-0.1, -0.05) is 5.16 Å². The van der Waals surface area contributed by atoms with Crippen LogP contribution in [0.3, 0.4) is 0 Å². The lowest BCUT2D eigenvalue weighted by atomic mass is 10.3. The molecular formula is C18H12BrFN8O3S. The van der Waals surface area contributed by atoms with E-state index in [9.17, 15) is 9.18 Å². The SMILES string of the molecule is Cc1nc(-c2cnccn2)sc1C(=O)Nc1nonc1/C=N/ONc1ccc(F)c(Br)c1. The van der Waals surface area contributed by atoms with Gasteiger partial charge < -0.3 is 5.32 Å². The van der Waals surface area contributed by atoms with Crippen LogP contribution in [-0.2, 0) is 4.94 Å². The number of aryl methyl sites for hydroxylation is 1. The summed E-state index contributed by atoms with van der Waals surface area (Å²) >= 11 is 4.23. The Balaban J connectivity index is 1.40. The van der Waals surface area contributed by atoms with Gasteiger partial charge >= 0.3 is 0 Å². The van der Waals surface area contributed by atoms with Crippen LogP contribution in [0.4, 0.5) is 15.9 Å². The first-order valence-corrected chi connectivity index (χ1v) is 10.4. The second-order valence-electron chi connectivity index (χ2n) is 6.03. The molecule has 0 fully saturated rings. The van der Waals surface area contributed by atoms with E-state index in [0.717, 1.165) is 0 Å². The van der Waals surface area contributed by atoms with Crippen molar-refractivity contribution >= 4 is 50.9 Å². The van der Waals surface area contributed by atoms with E-state index in [-0.39, 0.29) is 16.0 Å². The van der Waals surface area contributed by atoms with Gasteiger partial charge in [0.2, 0.25) is 5.82 Å². The summed E-state index contributed by atoms with van der Waals surface area (Å²) in [7, 11) is 0. The lowest BCUT2D eigenvalue weighted by Gasteiger charge is -2.03. The van der Waals surface area contributed by atoms with Gasteiger partial charge in [0.15, 0.2) is 5.69 Å². The van der Waals surface area contributed by atoms with Gasteiger partial charge in [-0.15, -0.1) is 11.3 Å². The number of oxime groups is 1. The molecule has 0 aliphatic rings. The Bertz CT molecular complexity index is 1280. The summed E-state index contributed by atoms with van der Waals surface area (Å²) in [5.74, 6) is -0.815. The normalized spacial score (nSPS) is 11.0. The van der Waals surface area contributed by atoms with Gasteiger partial charge in [-0.3, -0.25) is 19.7 Å². The van der Waals surface area contributed by atoms with Crippen molar-refractivity contribution in [2.45, 2.75) is 6.92 Å². The van der Waals surface area contributed by atoms with Crippen LogP contribution >= 0.6 is 27.3 Å². The number of nitrogens with zero attached hydrogens (tertiary/aromatic N) is 6. The molecule has 4 aromatic rings. The predicted molar refractivity (Wildman–Crippen MR) is 117 cm³/mol. The van der Waals surface area contributed by atoms with Crippen molar-refractivity contribution in [3.05, 3.63) is 63.3 Å². The molecule has 0 bridgehead atoms. The third-order valence-electron chi connectivity index (χ3n) is 3.84. The van der Waals surface area contributed by atoms with Crippen molar-refractivity contribution < 1.29 is 18.8 Å². The summed E-state index contributed by atoms with van der Waals surface area (Å²) in [6, 6.07) is 4.19. The number of carbonyl (C=O) groups is 1. The van der Waals surface area contributed by atoms with Crippen LogP contribution in [0.15, 0.2) is 51.0 Å². The minimum Gasteiger partial charge on any atom is -0.301 e. The third-order valence-corrected chi connectivity index (χ3v) is 5.63. The minimum absolute atomic E-state index is 0.0423. The number of amides is 1. The Hall–Kier alpha value is -3.78. The van der Waals surface area contributed by atoms with Crippen molar-refractivity contribution in [2.75, 3.05) is 10.8 Å². The van der Waals surface area contributed by atoms with Crippen molar-refractivity contribution in [1.82, 2.24) is 25.3 Å². The molecule has 32 heavy (non-hydrogen) atoms. The van der Waals surface area contributed by atoms with Crippen LogP contribution in [0.2, 0.25) is 0 Å². The second kappa shape index (κ2) is 9.57. The molecule has 0 saturated carbocycles. The van der Waals surface area contributed by atoms with Crippen LogP contribution < -0.4 is 10.8 Å². The highest BCUT2D eigenvalue weighted by atomic mass is 79.9. The molecule has 11 nitrogen and oxygen atoms in total. The number of halogens is 2. The van der Waals surface area contributed by atoms with Gasteiger partial charge in [-0.05, 0) is 51.4 Å². The van der Waals surface area contributed by atoms with Gasteiger partial charge in [0.05, 0.1) is 22.1 Å². The lowest BCUT2D eigenvalue weighted by molar-refractivity contribution is 0.102. The highest BCUT2D eigenvalue weighted by Gasteiger charge is 2.20. The zero-order valence-corrected chi connectivity index (χ0v) is 18.5. The highest BCUT2D eigenvalue weighted by molar-refractivity contribution is 9.10. The number of aromatic nitrogens is 5. The fourth-order valence-corrected chi connectivity index (χ4v) is 3.67. The number of hydrogen-bond acceptors (Lipinski definition) is 11. The van der Waals surface area contributed by atoms with Crippen LogP contribution in [-0.4, -0.2) is 37.4 Å². The van der Waals surface area contributed by atoms with Gasteiger partial charge in [0, 0.05) is 12.4 Å². The molecule has 162 valence electrons. The first-order valence-electron chi connectivity index (χ1n) is 8.79. The first-order chi connectivity index (χ1) is 15.5. The average Bonchev–Trinajstić information content (AvgIpc) is 3.40. The number of anilines is 2. The van der Waals surface area contributed by atoms with Gasteiger partial charge in [0.25, 0.3) is 5.91 Å². The molecule has 3 heterocycles. The maximum Gasteiger partial charge on any atom is 0.268 e. The molecule has 2 N–H and O–H groups in total. The van der Waals surface area contributed by atoms with E-state index in [0.29, 0.717) is 27.0 Å². The Morgan fingerprint density at radius 2 is 2.22 bits per heavy atom. The Kier molecular flexibility index (Phi) is 6.42. The van der Waals surface area contributed by atoms with Gasteiger partial charge in [-0.25, -0.2) is 14.0 Å². The Morgan fingerprint density at radius 3 is 3.00 bits per heavy atom. The number of rotatable bonds is 7. The van der Waals surface area contributed by atoms with E-state index >= 15 is 0 Å². The molecule has 0 atom stereocenters. The zero-order chi connectivity index (χ0) is 22.5. The predicted octanol–water partition coefficient (Wildman–Crippen LogP) is 3.82. The molecule has 1 aromatic carbocycles. The summed E-state index contributed by atoms with van der Waals surface area (Å²) in [5, 5.41) is 14.2. The smallest absolute Gasteiger partial charge is 0.268 e. The maximum atomic E-state index is 13.2. The molecule has 0 unspecified atom stereocenters. The van der Waals surface area contributed by atoms with Crippen molar-refractivity contribution in [3.8, 4) is 10.7 Å². The average molecular weight is 519 g/mol. The van der Waals surface area contributed by atoms with Gasteiger partial charge in [-0.2, -0.15) is 5.48 Å². The monoisotopic (exact) mass is 518 g/mol. The molecule has 0 aliphatic carbocycles. The molecule has 0 radical (unpaired) electrons. The van der Waals surface area contributed by atoms with E-state index in [1.54, 1.807) is 25.5 Å². The number of nitrogens with one attached hydrogen (secondary N) is 2. The van der Waals surface area contributed by atoms with Crippen LogP contribution in [0.1, 0.15) is 21.1 Å².